The Hall–Kier alpha value is -2.29. The SMILES string of the molecule is O=C(c1ccc(CS(=O)(=O)c2ccccc2)o1)N1CCCC(C(F)(F)F)C1. The summed E-state index contributed by atoms with van der Waals surface area (Å²) >= 11 is 0. The standard InChI is InChI=1S/C18H18F3NO4S/c19-18(20,21)13-5-4-10-22(11-13)17(23)16-9-8-14(26-16)12-27(24,25)15-6-2-1-3-7-15/h1-3,6-9,13H,4-5,10-12H2. The van der Waals surface area contributed by atoms with E-state index in [1.54, 1.807) is 18.2 Å². The molecule has 1 aromatic heterocycles. The number of rotatable bonds is 4. The predicted octanol–water partition coefficient (Wildman–Crippen LogP) is 3.67. The minimum atomic E-state index is -4.35. The van der Waals surface area contributed by atoms with Crippen LogP contribution < -0.4 is 0 Å². The molecule has 0 saturated carbocycles. The maximum absolute atomic E-state index is 12.9. The van der Waals surface area contributed by atoms with E-state index in [1.807, 2.05) is 0 Å². The number of carbonyl (C=O) groups is 1. The molecule has 2 aromatic rings. The topological polar surface area (TPSA) is 67.6 Å². The summed E-state index contributed by atoms with van der Waals surface area (Å²) in [6.45, 7) is -0.204. The van der Waals surface area contributed by atoms with Crippen molar-refractivity contribution in [2.75, 3.05) is 13.1 Å². The van der Waals surface area contributed by atoms with E-state index < -0.39 is 40.1 Å². The lowest BCUT2D eigenvalue weighted by Crippen LogP contribution is -2.44. The molecule has 2 heterocycles. The van der Waals surface area contributed by atoms with Crippen molar-refractivity contribution in [3.63, 3.8) is 0 Å². The average Bonchev–Trinajstić information content (AvgIpc) is 3.09. The number of amides is 1. The lowest BCUT2D eigenvalue weighted by atomic mass is 9.97. The molecule has 1 saturated heterocycles. The number of alkyl halides is 3. The number of piperidine rings is 1. The van der Waals surface area contributed by atoms with E-state index in [4.69, 9.17) is 4.42 Å². The van der Waals surface area contributed by atoms with Crippen molar-refractivity contribution in [2.24, 2.45) is 5.92 Å². The van der Waals surface area contributed by atoms with Crippen molar-refractivity contribution < 1.29 is 30.8 Å². The van der Waals surface area contributed by atoms with Gasteiger partial charge in [0.05, 0.1) is 10.8 Å². The fourth-order valence-electron chi connectivity index (χ4n) is 3.05. The van der Waals surface area contributed by atoms with E-state index >= 15 is 0 Å². The molecule has 3 rings (SSSR count). The minimum Gasteiger partial charge on any atom is -0.455 e. The first-order valence-electron chi connectivity index (χ1n) is 8.39. The number of sulfone groups is 1. The molecule has 1 aliphatic heterocycles. The molecule has 0 aliphatic carbocycles. The van der Waals surface area contributed by atoms with Gasteiger partial charge in [-0.3, -0.25) is 4.79 Å². The van der Waals surface area contributed by atoms with Crippen molar-refractivity contribution >= 4 is 15.7 Å². The Labute approximate surface area is 154 Å². The summed E-state index contributed by atoms with van der Waals surface area (Å²) in [6, 6.07) is 10.4. The highest BCUT2D eigenvalue weighted by Crippen LogP contribution is 2.33. The zero-order chi connectivity index (χ0) is 19.7. The Morgan fingerprint density at radius 1 is 1.15 bits per heavy atom. The van der Waals surface area contributed by atoms with Crippen LogP contribution in [0.3, 0.4) is 0 Å². The lowest BCUT2D eigenvalue weighted by Gasteiger charge is -2.33. The van der Waals surface area contributed by atoms with Crippen LogP contribution in [0.15, 0.2) is 51.8 Å². The monoisotopic (exact) mass is 401 g/mol. The fourth-order valence-corrected chi connectivity index (χ4v) is 4.32. The first-order chi connectivity index (χ1) is 12.7. The van der Waals surface area contributed by atoms with Gasteiger partial charge in [0.2, 0.25) is 0 Å². The number of nitrogens with zero attached hydrogens (tertiary/aromatic N) is 1. The van der Waals surface area contributed by atoms with Gasteiger partial charge in [0.25, 0.3) is 5.91 Å². The van der Waals surface area contributed by atoms with Crippen molar-refractivity contribution in [3.05, 3.63) is 54.0 Å². The molecular weight excluding hydrogens is 383 g/mol. The smallest absolute Gasteiger partial charge is 0.393 e. The molecular formula is C18H18F3NO4S. The number of hydrogen-bond donors (Lipinski definition) is 0. The molecule has 9 heteroatoms. The molecule has 27 heavy (non-hydrogen) atoms. The largest absolute Gasteiger partial charge is 0.455 e. The molecule has 1 aromatic carbocycles. The second kappa shape index (κ2) is 7.38. The fraction of sp³-hybridized carbons (Fsp3) is 0.389. The van der Waals surface area contributed by atoms with Crippen molar-refractivity contribution in [2.45, 2.75) is 29.7 Å². The van der Waals surface area contributed by atoms with Gasteiger partial charge >= 0.3 is 6.18 Å². The second-order valence-corrected chi connectivity index (χ2v) is 8.46. The lowest BCUT2D eigenvalue weighted by molar-refractivity contribution is -0.184. The van der Waals surface area contributed by atoms with Crippen molar-refractivity contribution in [3.8, 4) is 0 Å². The van der Waals surface area contributed by atoms with Gasteiger partial charge in [-0.25, -0.2) is 8.42 Å². The molecule has 146 valence electrons. The van der Waals surface area contributed by atoms with Crippen LogP contribution in [0.4, 0.5) is 13.2 Å². The summed E-state index contributed by atoms with van der Waals surface area (Å²) in [5.41, 5.74) is 0. The van der Waals surface area contributed by atoms with Crippen molar-refractivity contribution in [1.82, 2.24) is 4.90 Å². The number of hydrogen-bond acceptors (Lipinski definition) is 4. The van der Waals surface area contributed by atoms with E-state index in [0.29, 0.717) is 0 Å². The molecule has 1 aliphatic rings. The number of carbonyl (C=O) groups excluding carboxylic acids is 1. The average molecular weight is 401 g/mol. The van der Waals surface area contributed by atoms with Crippen LogP contribution in [-0.4, -0.2) is 38.5 Å². The zero-order valence-corrected chi connectivity index (χ0v) is 15.1. The third-order valence-corrected chi connectivity index (χ3v) is 6.13. The molecule has 1 amide bonds. The summed E-state index contributed by atoms with van der Waals surface area (Å²) in [4.78, 5) is 13.7. The van der Waals surface area contributed by atoms with E-state index in [1.165, 1.54) is 24.3 Å². The Bertz CT molecular complexity index is 906. The highest BCUT2D eigenvalue weighted by Gasteiger charge is 2.43. The van der Waals surface area contributed by atoms with E-state index in [9.17, 15) is 26.4 Å². The number of likely N-dealkylation sites (tertiary alicyclic amines) is 1. The summed E-state index contributed by atoms with van der Waals surface area (Å²) in [7, 11) is -3.65. The number of halogens is 3. The molecule has 5 nitrogen and oxygen atoms in total. The zero-order valence-electron chi connectivity index (χ0n) is 14.3. The van der Waals surface area contributed by atoms with Crippen LogP contribution in [0.1, 0.15) is 29.2 Å². The van der Waals surface area contributed by atoms with Crippen molar-refractivity contribution in [1.29, 1.82) is 0 Å². The summed E-state index contributed by atoms with van der Waals surface area (Å²) in [6.07, 6.45) is -4.10. The van der Waals surface area contributed by atoms with Gasteiger partial charge in [-0.15, -0.1) is 0 Å². The molecule has 1 fully saturated rings. The van der Waals surface area contributed by atoms with Crippen LogP contribution in [0.25, 0.3) is 0 Å². The molecule has 1 unspecified atom stereocenters. The third-order valence-electron chi connectivity index (χ3n) is 4.48. The van der Waals surface area contributed by atoms with Crippen LogP contribution in [-0.2, 0) is 15.6 Å². The van der Waals surface area contributed by atoms with E-state index in [-0.39, 0.29) is 35.8 Å². The van der Waals surface area contributed by atoms with Gasteiger partial charge in [0.15, 0.2) is 15.6 Å². The van der Waals surface area contributed by atoms with Crippen LogP contribution >= 0.6 is 0 Å². The number of furan rings is 1. The van der Waals surface area contributed by atoms with Gasteiger partial charge in [-0.2, -0.15) is 13.2 Å². The van der Waals surface area contributed by atoms with E-state index in [2.05, 4.69) is 0 Å². The van der Waals surface area contributed by atoms with Gasteiger partial charge < -0.3 is 9.32 Å². The van der Waals surface area contributed by atoms with Crippen LogP contribution in [0, 0.1) is 5.92 Å². The predicted molar refractivity (Wildman–Crippen MR) is 90.7 cm³/mol. The maximum atomic E-state index is 12.9. The first kappa shape index (κ1) is 19.5. The summed E-state index contributed by atoms with van der Waals surface area (Å²) < 4.78 is 68.7. The minimum absolute atomic E-state index is 0.00793. The third kappa shape index (κ3) is 4.52. The van der Waals surface area contributed by atoms with Gasteiger partial charge in [-0.05, 0) is 37.1 Å². The van der Waals surface area contributed by atoms with Gasteiger partial charge in [-0.1, -0.05) is 18.2 Å². The van der Waals surface area contributed by atoms with Gasteiger partial charge in [0.1, 0.15) is 11.5 Å². The highest BCUT2D eigenvalue weighted by molar-refractivity contribution is 7.90. The Kier molecular flexibility index (Phi) is 5.32. The molecule has 0 radical (unpaired) electrons. The quantitative estimate of drug-likeness (QED) is 0.784. The van der Waals surface area contributed by atoms with Crippen LogP contribution in [0.2, 0.25) is 0 Å². The number of benzene rings is 1. The normalized spacial score (nSPS) is 18.5. The van der Waals surface area contributed by atoms with E-state index in [0.717, 1.165) is 4.90 Å². The maximum Gasteiger partial charge on any atom is 0.393 e. The van der Waals surface area contributed by atoms with Crippen LogP contribution in [0.5, 0.6) is 0 Å². The summed E-state index contributed by atoms with van der Waals surface area (Å²) in [5, 5.41) is 0. The molecule has 0 bridgehead atoms. The first-order valence-corrected chi connectivity index (χ1v) is 10.0. The second-order valence-electron chi connectivity index (χ2n) is 6.47. The Morgan fingerprint density at radius 3 is 2.52 bits per heavy atom. The molecule has 1 atom stereocenters. The summed E-state index contributed by atoms with van der Waals surface area (Å²) in [5.74, 6) is -2.74. The highest BCUT2D eigenvalue weighted by atomic mass is 32.2. The van der Waals surface area contributed by atoms with Gasteiger partial charge in [0, 0.05) is 13.1 Å². The molecule has 0 spiro atoms. The Morgan fingerprint density at radius 2 is 1.85 bits per heavy atom. The molecule has 0 N–H and O–H groups in total. The Balaban J connectivity index is 1.71.